The molecule has 3 rings (SSSR count). The van der Waals surface area contributed by atoms with E-state index in [2.05, 4.69) is 36.1 Å². The average Bonchev–Trinajstić information content (AvgIpc) is 2.90. The summed E-state index contributed by atoms with van der Waals surface area (Å²) >= 11 is 0. The number of amides is 2. The van der Waals surface area contributed by atoms with Gasteiger partial charge in [-0.05, 0) is 31.2 Å². The quantitative estimate of drug-likeness (QED) is 0.768. The van der Waals surface area contributed by atoms with E-state index in [1.54, 1.807) is 24.3 Å². The van der Waals surface area contributed by atoms with E-state index >= 15 is 0 Å². The molecule has 0 bridgehead atoms. The standard InChI is InChI=1S/C21H25N3O2/c1-4-23(15-16-9-11-17(12-10-16)22(2)3)13-14-24-20(25)18-7-5-6-8-19(18)21(24)26/h5-12H,4,13-15H2,1-3H3/p+1. The van der Waals surface area contributed by atoms with Gasteiger partial charge < -0.3 is 9.80 Å². The smallest absolute Gasteiger partial charge is 0.261 e. The number of fused-ring (bicyclic) bond motifs is 1. The van der Waals surface area contributed by atoms with Crippen LogP contribution in [-0.4, -0.2) is 50.4 Å². The molecular formula is C21H26N3O2+. The second kappa shape index (κ2) is 7.70. The first-order chi connectivity index (χ1) is 12.5. The Morgan fingerprint density at radius 3 is 2.00 bits per heavy atom. The Kier molecular flexibility index (Phi) is 5.38. The van der Waals surface area contributed by atoms with Gasteiger partial charge in [0.05, 0.1) is 30.8 Å². The van der Waals surface area contributed by atoms with Crippen LogP contribution < -0.4 is 9.80 Å². The van der Waals surface area contributed by atoms with E-state index in [4.69, 9.17) is 0 Å². The first-order valence-electron chi connectivity index (χ1n) is 9.06. The van der Waals surface area contributed by atoms with Crippen molar-refractivity contribution in [3.8, 4) is 0 Å². The van der Waals surface area contributed by atoms with Crippen LogP contribution in [0.25, 0.3) is 0 Å². The minimum Gasteiger partial charge on any atom is -0.378 e. The number of carbonyl (C=O) groups excluding carboxylic acids is 2. The molecule has 5 nitrogen and oxygen atoms in total. The summed E-state index contributed by atoms with van der Waals surface area (Å²) in [4.78, 5) is 29.7. The molecular weight excluding hydrogens is 326 g/mol. The predicted octanol–water partition coefficient (Wildman–Crippen LogP) is 1.45. The summed E-state index contributed by atoms with van der Waals surface area (Å²) in [5.74, 6) is -0.340. The molecule has 2 aromatic carbocycles. The Morgan fingerprint density at radius 1 is 0.923 bits per heavy atom. The fourth-order valence-corrected chi connectivity index (χ4v) is 3.30. The van der Waals surface area contributed by atoms with Crippen LogP contribution in [0.5, 0.6) is 0 Å². The van der Waals surface area contributed by atoms with Crippen molar-refractivity contribution in [2.45, 2.75) is 13.5 Å². The molecule has 1 N–H and O–H groups in total. The summed E-state index contributed by atoms with van der Waals surface area (Å²) in [5.41, 5.74) is 3.48. The Labute approximate surface area is 154 Å². The fraction of sp³-hybridized carbons (Fsp3) is 0.333. The van der Waals surface area contributed by atoms with Crippen molar-refractivity contribution in [1.29, 1.82) is 0 Å². The molecule has 1 aliphatic rings. The maximum atomic E-state index is 12.5. The molecule has 5 heteroatoms. The van der Waals surface area contributed by atoms with Gasteiger partial charge in [0.2, 0.25) is 0 Å². The number of imide groups is 1. The zero-order chi connectivity index (χ0) is 18.7. The van der Waals surface area contributed by atoms with E-state index in [1.165, 1.54) is 21.1 Å². The number of likely N-dealkylation sites (N-methyl/N-ethyl adjacent to an activating group) is 1. The molecule has 0 saturated heterocycles. The van der Waals surface area contributed by atoms with E-state index in [9.17, 15) is 9.59 Å². The van der Waals surface area contributed by atoms with Crippen LogP contribution in [0.4, 0.5) is 5.69 Å². The van der Waals surface area contributed by atoms with E-state index in [1.807, 2.05) is 14.1 Å². The van der Waals surface area contributed by atoms with Gasteiger partial charge >= 0.3 is 0 Å². The van der Waals surface area contributed by atoms with Crippen LogP contribution in [0.15, 0.2) is 48.5 Å². The van der Waals surface area contributed by atoms with Crippen molar-refractivity contribution < 1.29 is 14.5 Å². The lowest BCUT2D eigenvalue weighted by Crippen LogP contribution is -3.11. The number of benzene rings is 2. The molecule has 0 fully saturated rings. The minimum atomic E-state index is -0.170. The van der Waals surface area contributed by atoms with Gasteiger partial charge in [0, 0.05) is 25.3 Å². The summed E-state index contributed by atoms with van der Waals surface area (Å²) in [7, 11) is 4.06. The van der Waals surface area contributed by atoms with Gasteiger partial charge in [0.1, 0.15) is 6.54 Å². The summed E-state index contributed by atoms with van der Waals surface area (Å²) in [6.45, 7) is 5.15. The fourth-order valence-electron chi connectivity index (χ4n) is 3.30. The third kappa shape index (κ3) is 3.63. The number of hydrogen-bond acceptors (Lipinski definition) is 3. The minimum absolute atomic E-state index is 0.170. The van der Waals surface area contributed by atoms with E-state index < -0.39 is 0 Å². The Balaban J connectivity index is 1.61. The van der Waals surface area contributed by atoms with Gasteiger partial charge in [-0.25, -0.2) is 0 Å². The number of carbonyl (C=O) groups is 2. The second-order valence-electron chi connectivity index (χ2n) is 6.90. The Bertz CT molecular complexity index is 764. The molecule has 1 heterocycles. The molecule has 136 valence electrons. The lowest BCUT2D eigenvalue weighted by molar-refractivity contribution is -0.911. The topological polar surface area (TPSA) is 45.1 Å². The van der Waals surface area contributed by atoms with Gasteiger partial charge in [-0.2, -0.15) is 0 Å². The zero-order valence-electron chi connectivity index (χ0n) is 15.7. The van der Waals surface area contributed by atoms with Crippen molar-refractivity contribution in [3.63, 3.8) is 0 Å². The highest BCUT2D eigenvalue weighted by molar-refractivity contribution is 6.21. The first-order valence-corrected chi connectivity index (χ1v) is 9.06. The van der Waals surface area contributed by atoms with Crippen LogP contribution in [0.1, 0.15) is 33.2 Å². The van der Waals surface area contributed by atoms with Crippen molar-refractivity contribution in [3.05, 3.63) is 65.2 Å². The molecule has 0 aliphatic carbocycles. The van der Waals surface area contributed by atoms with Crippen molar-refractivity contribution in [1.82, 2.24) is 4.90 Å². The zero-order valence-corrected chi connectivity index (χ0v) is 15.7. The van der Waals surface area contributed by atoms with Crippen LogP contribution in [-0.2, 0) is 6.54 Å². The lowest BCUT2D eigenvalue weighted by Gasteiger charge is -2.21. The van der Waals surface area contributed by atoms with Crippen molar-refractivity contribution >= 4 is 17.5 Å². The third-order valence-electron chi connectivity index (χ3n) is 4.97. The third-order valence-corrected chi connectivity index (χ3v) is 4.97. The molecule has 0 aromatic heterocycles. The van der Waals surface area contributed by atoms with E-state index in [0.717, 1.165) is 19.6 Å². The molecule has 26 heavy (non-hydrogen) atoms. The highest BCUT2D eigenvalue weighted by atomic mass is 16.2. The number of rotatable bonds is 7. The SMILES string of the molecule is CC[NH+](CCN1C(=O)c2ccccc2C1=O)Cc1ccc(N(C)C)cc1. The normalized spacial score (nSPS) is 14.5. The molecule has 1 aliphatic heterocycles. The lowest BCUT2D eigenvalue weighted by atomic mass is 10.1. The molecule has 2 amide bonds. The van der Waals surface area contributed by atoms with Gasteiger partial charge in [0.15, 0.2) is 0 Å². The van der Waals surface area contributed by atoms with E-state index in [-0.39, 0.29) is 11.8 Å². The molecule has 0 saturated carbocycles. The van der Waals surface area contributed by atoms with Gasteiger partial charge in [0.25, 0.3) is 11.8 Å². The average molecular weight is 352 g/mol. The summed E-state index contributed by atoms with van der Waals surface area (Å²) < 4.78 is 0. The summed E-state index contributed by atoms with van der Waals surface area (Å²) in [5, 5.41) is 0. The number of nitrogens with zero attached hydrogens (tertiary/aromatic N) is 2. The van der Waals surface area contributed by atoms with Crippen LogP contribution in [0, 0.1) is 0 Å². The number of hydrogen-bond donors (Lipinski definition) is 1. The van der Waals surface area contributed by atoms with E-state index in [0.29, 0.717) is 17.7 Å². The number of anilines is 1. The first kappa shape index (κ1) is 18.1. The van der Waals surface area contributed by atoms with Crippen LogP contribution >= 0.6 is 0 Å². The van der Waals surface area contributed by atoms with Crippen molar-refractivity contribution in [2.75, 3.05) is 38.6 Å². The largest absolute Gasteiger partial charge is 0.378 e. The van der Waals surface area contributed by atoms with Crippen LogP contribution in [0.2, 0.25) is 0 Å². The van der Waals surface area contributed by atoms with Gasteiger partial charge in [-0.15, -0.1) is 0 Å². The molecule has 1 unspecified atom stereocenters. The molecule has 1 atom stereocenters. The van der Waals surface area contributed by atoms with Gasteiger partial charge in [-0.3, -0.25) is 14.5 Å². The summed E-state index contributed by atoms with van der Waals surface area (Å²) in [6, 6.07) is 15.6. The summed E-state index contributed by atoms with van der Waals surface area (Å²) in [6.07, 6.45) is 0. The maximum Gasteiger partial charge on any atom is 0.261 e. The molecule has 2 aromatic rings. The second-order valence-corrected chi connectivity index (χ2v) is 6.90. The number of nitrogens with one attached hydrogen (secondary N) is 1. The Hall–Kier alpha value is -2.66. The van der Waals surface area contributed by atoms with Gasteiger partial charge in [-0.1, -0.05) is 24.3 Å². The monoisotopic (exact) mass is 352 g/mol. The molecule has 0 spiro atoms. The van der Waals surface area contributed by atoms with Crippen molar-refractivity contribution in [2.24, 2.45) is 0 Å². The highest BCUT2D eigenvalue weighted by Gasteiger charge is 2.35. The Morgan fingerprint density at radius 2 is 1.50 bits per heavy atom. The van der Waals surface area contributed by atoms with Crippen LogP contribution in [0.3, 0.4) is 0 Å². The number of quaternary nitrogens is 1. The molecule has 0 radical (unpaired) electrons. The predicted molar refractivity (Wildman–Crippen MR) is 103 cm³/mol. The highest BCUT2D eigenvalue weighted by Crippen LogP contribution is 2.21. The maximum absolute atomic E-state index is 12.5.